The fraction of sp³-hybridized carbons (Fsp3) is 0.143. The summed E-state index contributed by atoms with van der Waals surface area (Å²) in [4.78, 5) is 12.5. The van der Waals surface area contributed by atoms with E-state index in [0.717, 1.165) is 25.1 Å². The van der Waals surface area contributed by atoms with Crippen LogP contribution in [0.25, 0.3) is 11.1 Å². The molecule has 180 valence electrons. The van der Waals surface area contributed by atoms with E-state index in [1.54, 1.807) is 24.3 Å². The maximum atomic E-state index is 12.7. The number of aryl methyl sites for hydroxylation is 1. The maximum absolute atomic E-state index is 12.7. The highest BCUT2D eigenvalue weighted by molar-refractivity contribution is 6.09. The zero-order chi connectivity index (χ0) is 24.0. The van der Waals surface area contributed by atoms with Crippen LogP contribution in [-0.4, -0.2) is 12.4 Å². The van der Waals surface area contributed by atoms with Gasteiger partial charge in [-0.2, -0.15) is 13.2 Å². The third kappa shape index (κ3) is 7.02. The normalized spacial score (nSPS) is 10.9. The van der Waals surface area contributed by atoms with Crippen LogP contribution in [0.3, 0.4) is 0 Å². The minimum absolute atomic E-state index is 0. The maximum Gasteiger partial charge on any atom is 0.416 e. The van der Waals surface area contributed by atoms with Crippen LogP contribution < -0.4 is 26.3 Å². The van der Waals surface area contributed by atoms with Crippen molar-refractivity contribution in [3.63, 3.8) is 0 Å². The molecule has 0 unspecified atom stereocenters. The van der Waals surface area contributed by atoms with Gasteiger partial charge in [0.2, 0.25) is 0 Å². The van der Waals surface area contributed by atoms with Gasteiger partial charge in [0.15, 0.2) is 24.7 Å². The van der Waals surface area contributed by atoms with Gasteiger partial charge in [-0.05, 0) is 47.5 Å². The number of halogens is 4. The van der Waals surface area contributed by atoms with E-state index < -0.39 is 11.7 Å². The second-order valence-electron chi connectivity index (χ2n) is 7.82. The number of alkyl halides is 3. The molecule has 3 nitrogen and oxygen atoms in total. The third-order valence-electron chi connectivity index (χ3n) is 5.42. The Morgan fingerprint density at radius 1 is 0.743 bits per heavy atom. The fourth-order valence-electron chi connectivity index (χ4n) is 3.55. The molecule has 0 N–H and O–H groups in total. The van der Waals surface area contributed by atoms with Crippen molar-refractivity contribution in [1.82, 2.24) is 0 Å². The van der Waals surface area contributed by atoms with Crippen LogP contribution in [0.1, 0.15) is 27.9 Å². The Balaban J connectivity index is 0.00000342. The van der Waals surface area contributed by atoms with Crippen molar-refractivity contribution in [2.75, 3.05) is 6.61 Å². The van der Waals surface area contributed by atoms with E-state index in [0.29, 0.717) is 17.9 Å². The third-order valence-corrected chi connectivity index (χ3v) is 5.42. The first-order valence-electron chi connectivity index (χ1n) is 10.9. The van der Waals surface area contributed by atoms with E-state index in [1.807, 2.05) is 30.6 Å². The van der Waals surface area contributed by atoms with Gasteiger partial charge in [0.1, 0.15) is 5.75 Å². The minimum atomic E-state index is -4.43. The molecule has 0 fully saturated rings. The average Bonchev–Trinajstić information content (AvgIpc) is 2.87. The molecule has 4 rings (SSSR count). The molecule has 0 aliphatic heterocycles. The second-order valence-corrected chi connectivity index (χ2v) is 7.82. The van der Waals surface area contributed by atoms with E-state index in [1.165, 1.54) is 23.3 Å². The van der Waals surface area contributed by atoms with E-state index in [2.05, 4.69) is 28.8 Å². The Labute approximate surface area is 212 Å². The number of pyridine rings is 1. The number of hydrogen-bond donors (Lipinski definition) is 0. The number of carbonyl (C=O) groups excluding carboxylic acids is 1. The zero-order valence-corrected chi connectivity index (χ0v) is 20.3. The summed E-state index contributed by atoms with van der Waals surface area (Å²) in [5, 5.41) is 0. The van der Waals surface area contributed by atoms with Gasteiger partial charge in [0.05, 0.1) is 12.2 Å². The number of aromatic nitrogens is 1. The Morgan fingerprint density at radius 2 is 1.29 bits per heavy atom. The quantitative estimate of drug-likeness (QED) is 0.194. The van der Waals surface area contributed by atoms with Crippen LogP contribution >= 0.6 is 0 Å². The average molecular weight is 542 g/mol. The second kappa shape index (κ2) is 11.8. The van der Waals surface area contributed by atoms with Gasteiger partial charge in [0.25, 0.3) is 0 Å². The number of rotatable bonds is 8. The fourth-order valence-corrected chi connectivity index (χ4v) is 3.55. The first-order valence-corrected chi connectivity index (χ1v) is 10.9. The van der Waals surface area contributed by atoms with Crippen LogP contribution in [0, 0.1) is 0 Å². The molecule has 0 amide bonds. The number of hydrogen-bond acceptors (Lipinski definition) is 2. The predicted octanol–water partition coefficient (Wildman–Crippen LogP) is 3.36. The molecule has 0 aliphatic carbocycles. The first-order chi connectivity index (χ1) is 16.4. The van der Waals surface area contributed by atoms with Crippen LogP contribution in [0.2, 0.25) is 0 Å². The molecule has 1 aromatic heterocycles. The lowest BCUT2D eigenvalue weighted by Crippen LogP contribution is -3.00. The van der Waals surface area contributed by atoms with Crippen molar-refractivity contribution >= 4 is 5.78 Å². The van der Waals surface area contributed by atoms with E-state index in [9.17, 15) is 18.0 Å². The number of ketones is 1. The molecular weight excluding hydrogens is 519 g/mol. The molecule has 0 saturated carbocycles. The van der Waals surface area contributed by atoms with E-state index in [4.69, 9.17) is 4.74 Å². The molecule has 4 aromatic rings. The zero-order valence-electron chi connectivity index (χ0n) is 18.7. The first kappa shape index (κ1) is 26.2. The number of nitrogens with zero attached hydrogens (tertiary/aromatic N) is 1. The molecule has 3 aromatic carbocycles. The van der Waals surface area contributed by atoms with Crippen molar-refractivity contribution in [3.05, 3.63) is 120 Å². The van der Waals surface area contributed by atoms with Crippen LogP contribution in [-0.2, 0) is 12.7 Å². The van der Waals surface area contributed by atoms with Crippen LogP contribution in [0.5, 0.6) is 5.75 Å². The molecule has 35 heavy (non-hydrogen) atoms. The SMILES string of the molecule is O=C(c1ccc(OCCC[n+]2ccc(-c3ccccc3)cc2)cc1)c1ccc(C(F)(F)F)cc1.[Br-]. The smallest absolute Gasteiger partial charge is 0.416 e. The Kier molecular flexibility index (Phi) is 8.82. The molecule has 7 heteroatoms. The van der Waals surface area contributed by atoms with Crippen LogP contribution in [0.15, 0.2) is 103 Å². The summed E-state index contributed by atoms with van der Waals surface area (Å²) in [5.74, 6) is 0.295. The van der Waals surface area contributed by atoms with Crippen molar-refractivity contribution < 1.29 is 44.3 Å². The van der Waals surface area contributed by atoms with Crippen molar-refractivity contribution in [2.24, 2.45) is 0 Å². The van der Waals surface area contributed by atoms with Gasteiger partial charge in [-0.1, -0.05) is 42.5 Å². The Morgan fingerprint density at radius 3 is 1.86 bits per heavy atom. The molecule has 0 spiro atoms. The molecule has 0 atom stereocenters. The largest absolute Gasteiger partial charge is 1.00 e. The van der Waals surface area contributed by atoms with Crippen LogP contribution in [0.4, 0.5) is 13.2 Å². The summed E-state index contributed by atoms with van der Waals surface area (Å²) in [7, 11) is 0. The topological polar surface area (TPSA) is 30.2 Å². The van der Waals surface area contributed by atoms with E-state index >= 15 is 0 Å². The van der Waals surface area contributed by atoms with E-state index in [-0.39, 0.29) is 28.3 Å². The van der Waals surface area contributed by atoms with Gasteiger partial charge in [-0.15, -0.1) is 0 Å². The monoisotopic (exact) mass is 541 g/mol. The lowest BCUT2D eigenvalue weighted by atomic mass is 10.0. The lowest BCUT2D eigenvalue weighted by molar-refractivity contribution is -0.697. The summed E-state index contributed by atoms with van der Waals surface area (Å²) in [6.07, 6.45) is 0.472. The van der Waals surface area contributed by atoms with Gasteiger partial charge >= 0.3 is 6.18 Å². The minimum Gasteiger partial charge on any atom is -1.00 e. The predicted molar refractivity (Wildman–Crippen MR) is 124 cm³/mol. The highest BCUT2D eigenvalue weighted by Gasteiger charge is 2.30. The van der Waals surface area contributed by atoms with Gasteiger partial charge in [0, 0.05) is 29.7 Å². The molecular formula is C28H23BrF3NO2. The summed E-state index contributed by atoms with van der Waals surface area (Å²) >= 11 is 0. The Bertz CT molecular complexity index is 1220. The number of carbonyl (C=O) groups is 1. The van der Waals surface area contributed by atoms with Crippen molar-refractivity contribution in [3.8, 4) is 16.9 Å². The van der Waals surface area contributed by atoms with Crippen molar-refractivity contribution in [2.45, 2.75) is 19.1 Å². The summed E-state index contributed by atoms with van der Waals surface area (Å²) in [5.41, 5.74) is 2.16. The molecule has 0 aliphatic rings. The number of ether oxygens (including phenoxy) is 1. The van der Waals surface area contributed by atoms with Gasteiger partial charge in [-0.3, -0.25) is 4.79 Å². The summed E-state index contributed by atoms with van der Waals surface area (Å²) in [6, 6.07) is 25.2. The highest BCUT2D eigenvalue weighted by atomic mass is 79.9. The molecule has 0 saturated heterocycles. The van der Waals surface area contributed by atoms with Gasteiger partial charge in [-0.25, -0.2) is 4.57 Å². The molecule has 0 bridgehead atoms. The number of benzene rings is 3. The van der Waals surface area contributed by atoms with Gasteiger partial charge < -0.3 is 21.7 Å². The molecule has 1 heterocycles. The standard InChI is InChI=1S/C28H23F3NO2.BrH/c29-28(30,31)25-11-7-23(8-12-25)27(33)24-9-13-26(14-10-24)34-20-4-17-32-18-15-22(16-19-32)21-5-2-1-3-6-21;/h1-3,5-16,18-19H,4,17,20H2;1H/q+1;/p-1. The molecule has 0 radical (unpaired) electrons. The highest BCUT2D eigenvalue weighted by Crippen LogP contribution is 2.29. The summed E-state index contributed by atoms with van der Waals surface area (Å²) in [6.45, 7) is 1.32. The van der Waals surface area contributed by atoms with Crippen molar-refractivity contribution in [1.29, 1.82) is 0 Å². The Hall–Kier alpha value is -3.45. The lowest BCUT2D eigenvalue weighted by Gasteiger charge is -2.08. The summed E-state index contributed by atoms with van der Waals surface area (Å²) < 4.78 is 45.9.